The molecule has 0 bridgehead atoms. The molecule has 1 aromatic heterocycles. The van der Waals surface area contributed by atoms with Gasteiger partial charge in [-0.15, -0.1) is 0 Å². The number of rotatable bonds is 5. The number of methoxy groups -OCH3 is 2. The largest absolute Gasteiger partial charge is 0.493 e. The molecule has 0 spiro atoms. The molecular weight excluding hydrogens is 373 g/mol. The molecule has 1 aliphatic rings. The number of pyridine rings is 1. The van der Waals surface area contributed by atoms with Crippen LogP contribution < -0.4 is 14.4 Å². The van der Waals surface area contributed by atoms with Gasteiger partial charge in [-0.3, -0.25) is 0 Å². The summed E-state index contributed by atoms with van der Waals surface area (Å²) in [5.41, 5.74) is 0. The lowest BCUT2D eigenvalue weighted by atomic mass is 10.2. The minimum atomic E-state index is -3.69. The summed E-state index contributed by atoms with van der Waals surface area (Å²) in [5, 5.41) is 0. The molecule has 9 heteroatoms. The van der Waals surface area contributed by atoms with Crippen molar-refractivity contribution in [3.63, 3.8) is 0 Å². The Kier molecular flexibility index (Phi) is 5.52. The zero-order valence-electron chi connectivity index (χ0n) is 15.4. The van der Waals surface area contributed by atoms with E-state index < -0.39 is 16.0 Å². The van der Waals surface area contributed by atoms with Crippen molar-refractivity contribution in [1.82, 2.24) is 9.29 Å². The number of aromatic nitrogens is 1. The molecule has 0 N–H and O–H groups in total. The molecule has 146 valence electrons. The lowest BCUT2D eigenvalue weighted by Crippen LogP contribution is -2.53. The van der Waals surface area contributed by atoms with Crippen LogP contribution >= 0.6 is 0 Å². The van der Waals surface area contributed by atoms with E-state index in [1.807, 2.05) is 11.8 Å². The number of sulfonamides is 1. The second-order valence-corrected chi connectivity index (χ2v) is 8.18. The van der Waals surface area contributed by atoms with Crippen LogP contribution in [0.15, 0.2) is 41.3 Å². The molecule has 0 saturated carbocycles. The third-order valence-corrected chi connectivity index (χ3v) is 6.44. The van der Waals surface area contributed by atoms with Gasteiger partial charge in [0.05, 0.1) is 19.1 Å². The maximum Gasteiger partial charge on any atom is 0.243 e. The van der Waals surface area contributed by atoms with Crippen LogP contribution in [0, 0.1) is 5.95 Å². The Morgan fingerprint density at radius 2 is 1.85 bits per heavy atom. The first-order valence-corrected chi connectivity index (χ1v) is 9.92. The molecule has 0 radical (unpaired) electrons. The van der Waals surface area contributed by atoms with Crippen molar-refractivity contribution in [2.75, 3.05) is 38.8 Å². The van der Waals surface area contributed by atoms with E-state index in [1.54, 1.807) is 18.2 Å². The highest BCUT2D eigenvalue weighted by Gasteiger charge is 2.33. The van der Waals surface area contributed by atoms with Crippen molar-refractivity contribution in [2.45, 2.75) is 17.9 Å². The molecule has 1 saturated heterocycles. The maximum atomic E-state index is 13.4. The van der Waals surface area contributed by atoms with Gasteiger partial charge < -0.3 is 14.4 Å². The SMILES string of the molecule is COc1ccc(S(=O)(=O)N2CCN(c3cccc(F)n3)C(C)C2)cc1OC. The number of hydrogen-bond donors (Lipinski definition) is 0. The van der Waals surface area contributed by atoms with E-state index >= 15 is 0 Å². The predicted molar refractivity (Wildman–Crippen MR) is 99.3 cm³/mol. The first-order valence-electron chi connectivity index (χ1n) is 8.48. The minimum absolute atomic E-state index is 0.143. The highest BCUT2D eigenvalue weighted by molar-refractivity contribution is 7.89. The molecule has 3 rings (SSSR count). The summed E-state index contributed by atoms with van der Waals surface area (Å²) < 4.78 is 51.3. The van der Waals surface area contributed by atoms with Gasteiger partial charge in [-0.25, -0.2) is 13.4 Å². The summed E-state index contributed by atoms with van der Waals surface area (Å²) in [6, 6.07) is 8.98. The molecule has 1 fully saturated rings. The summed E-state index contributed by atoms with van der Waals surface area (Å²) in [4.78, 5) is 5.94. The van der Waals surface area contributed by atoms with Gasteiger partial charge in [0.25, 0.3) is 0 Å². The van der Waals surface area contributed by atoms with E-state index in [2.05, 4.69) is 4.98 Å². The number of halogens is 1. The Morgan fingerprint density at radius 3 is 2.48 bits per heavy atom. The van der Waals surface area contributed by atoms with Gasteiger partial charge >= 0.3 is 0 Å². The first-order chi connectivity index (χ1) is 12.9. The van der Waals surface area contributed by atoms with Crippen molar-refractivity contribution >= 4 is 15.8 Å². The third-order valence-electron chi connectivity index (χ3n) is 4.58. The summed E-state index contributed by atoms with van der Waals surface area (Å²) in [6.07, 6.45) is 0. The molecular formula is C18H22FN3O4S. The van der Waals surface area contributed by atoms with Crippen molar-refractivity contribution in [3.05, 3.63) is 42.3 Å². The molecule has 1 aromatic carbocycles. The van der Waals surface area contributed by atoms with Crippen molar-refractivity contribution in [1.29, 1.82) is 0 Å². The van der Waals surface area contributed by atoms with E-state index in [9.17, 15) is 12.8 Å². The molecule has 2 heterocycles. The first kappa shape index (κ1) is 19.4. The Balaban J connectivity index is 1.81. The molecule has 27 heavy (non-hydrogen) atoms. The number of anilines is 1. The number of benzene rings is 1. The number of hydrogen-bond acceptors (Lipinski definition) is 6. The number of nitrogens with zero attached hydrogens (tertiary/aromatic N) is 3. The predicted octanol–water partition coefficient (Wildman–Crippen LogP) is 2.14. The van der Waals surface area contributed by atoms with Gasteiger partial charge in [0.15, 0.2) is 11.5 Å². The van der Waals surface area contributed by atoms with Crippen LogP contribution in [0.2, 0.25) is 0 Å². The molecule has 1 atom stereocenters. The van der Waals surface area contributed by atoms with Crippen LogP contribution in [-0.2, 0) is 10.0 Å². The zero-order chi connectivity index (χ0) is 19.6. The molecule has 0 amide bonds. The Bertz CT molecular complexity index is 923. The highest BCUT2D eigenvalue weighted by Crippen LogP contribution is 2.31. The van der Waals surface area contributed by atoms with Crippen LogP contribution in [0.1, 0.15) is 6.92 Å². The Morgan fingerprint density at radius 1 is 1.11 bits per heavy atom. The molecule has 0 aliphatic carbocycles. The van der Waals surface area contributed by atoms with Crippen LogP contribution in [-0.4, -0.2) is 57.6 Å². The zero-order valence-corrected chi connectivity index (χ0v) is 16.2. The highest BCUT2D eigenvalue weighted by atomic mass is 32.2. The fraction of sp³-hybridized carbons (Fsp3) is 0.389. The van der Waals surface area contributed by atoms with Crippen LogP contribution in [0.4, 0.5) is 10.2 Å². The molecule has 2 aromatic rings. The van der Waals surface area contributed by atoms with Crippen molar-refractivity contribution in [3.8, 4) is 11.5 Å². The van der Waals surface area contributed by atoms with E-state index in [0.29, 0.717) is 23.9 Å². The second kappa shape index (κ2) is 7.69. The van der Waals surface area contributed by atoms with Gasteiger partial charge in [0, 0.05) is 31.7 Å². The van der Waals surface area contributed by atoms with Crippen LogP contribution in [0.25, 0.3) is 0 Å². The molecule has 1 aliphatic heterocycles. The summed E-state index contributed by atoms with van der Waals surface area (Å²) in [7, 11) is -0.737. The average Bonchev–Trinajstić information content (AvgIpc) is 2.67. The van der Waals surface area contributed by atoms with E-state index in [-0.39, 0.29) is 24.0 Å². The fourth-order valence-corrected chi connectivity index (χ4v) is 4.69. The summed E-state index contributed by atoms with van der Waals surface area (Å²) in [6.45, 7) is 2.86. The Labute approximate surface area is 158 Å². The van der Waals surface area contributed by atoms with Crippen molar-refractivity contribution < 1.29 is 22.3 Å². The Hall–Kier alpha value is -2.39. The van der Waals surface area contributed by atoms with Gasteiger partial charge in [-0.05, 0) is 31.2 Å². The van der Waals surface area contributed by atoms with E-state index in [0.717, 1.165) is 0 Å². The third kappa shape index (κ3) is 3.84. The lowest BCUT2D eigenvalue weighted by molar-refractivity contribution is 0.339. The van der Waals surface area contributed by atoms with E-state index in [4.69, 9.17) is 9.47 Å². The molecule has 7 nitrogen and oxygen atoms in total. The quantitative estimate of drug-likeness (QED) is 0.723. The molecule has 1 unspecified atom stereocenters. The van der Waals surface area contributed by atoms with Crippen LogP contribution in [0.3, 0.4) is 0 Å². The number of ether oxygens (including phenoxy) is 2. The summed E-state index contributed by atoms with van der Waals surface area (Å²) in [5.74, 6) is 0.770. The monoisotopic (exact) mass is 395 g/mol. The smallest absolute Gasteiger partial charge is 0.243 e. The minimum Gasteiger partial charge on any atom is -0.493 e. The van der Waals surface area contributed by atoms with Gasteiger partial charge in [-0.1, -0.05) is 6.07 Å². The van der Waals surface area contributed by atoms with Gasteiger partial charge in [0.1, 0.15) is 5.82 Å². The van der Waals surface area contributed by atoms with Crippen molar-refractivity contribution in [2.24, 2.45) is 0 Å². The standard InChI is InChI=1S/C18H22FN3O4S/c1-13-12-21(9-10-22(13)18-6-4-5-17(19)20-18)27(23,24)14-7-8-15(25-2)16(11-14)26-3/h4-8,11,13H,9-10,12H2,1-3H3. The second-order valence-electron chi connectivity index (χ2n) is 6.24. The van der Waals surface area contributed by atoms with Gasteiger partial charge in [0.2, 0.25) is 16.0 Å². The fourth-order valence-electron chi connectivity index (χ4n) is 3.17. The van der Waals surface area contributed by atoms with Gasteiger partial charge in [-0.2, -0.15) is 8.70 Å². The maximum absolute atomic E-state index is 13.4. The van der Waals surface area contributed by atoms with E-state index in [1.165, 1.54) is 36.7 Å². The lowest BCUT2D eigenvalue weighted by Gasteiger charge is -2.39. The topological polar surface area (TPSA) is 72.0 Å². The average molecular weight is 395 g/mol. The van der Waals surface area contributed by atoms with Crippen LogP contribution in [0.5, 0.6) is 11.5 Å². The number of piperazine rings is 1. The summed E-state index contributed by atoms with van der Waals surface area (Å²) >= 11 is 0. The normalized spacial score (nSPS) is 18.4.